The molecule has 1 aliphatic heterocycles. The van der Waals surface area contributed by atoms with E-state index in [1.54, 1.807) is 5.38 Å². The fourth-order valence-electron chi connectivity index (χ4n) is 4.02. The molecule has 0 N–H and O–H groups in total. The molecule has 2 aromatic rings. The maximum atomic E-state index is 12.8. The molecule has 2 unspecified atom stereocenters. The van der Waals surface area contributed by atoms with Crippen molar-refractivity contribution in [2.24, 2.45) is 5.92 Å². The van der Waals surface area contributed by atoms with E-state index in [0.717, 1.165) is 13.0 Å². The normalized spacial score (nSPS) is 27.8. The highest BCUT2D eigenvalue weighted by atomic mass is 32.1. The van der Waals surface area contributed by atoms with Crippen LogP contribution in [0.4, 0.5) is 0 Å². The first-order valence-corrected chi connectivity index (χ1v) is 8.30. The van der Waals surface area contributed by atoms with Gasteiger partial charge in [-0.15, -0.1) is 5.10 Å². The fraction of sp³-hybridized carbons (Fsp3) is 0.438. The molecule has 2 heterocycles. The van der Waals surface area contributed by atoms with Gasteiger partial charge in [-0.3, -0.25) is 4.79 Å². The van der Waals surface area contributed by atoms with Crippen LogP contribution in [0, 0.1) is 5.92 Å². The number of nitrogens with zero attached hydrogens (tertiary/aromatic N) is 3. The predicted molar refractivity (Wildman–Crippen MR) is 81.0 cm³/mol. The molecule has 0 spiro atoms. The summed E-state index contributed by atoms with van der Waals surface area (Å²) in [6, 6.07) is 10.5. The van der Waals surface area contributed by atoms with Crippen molar-refractivity contribution in [2.75, 3.05) is 6.54 Å². The second kappa shape index (κ2) is 4.91. The molecule has 4 nitrogen and oxygen atoms in total. The van der Waals surface area contributed by atoms with E-state index in [0.29, 0.717) is 11.6 Å². The Labute approximate surface area is 128 Å². The highest BCUT2D eigenvalue weighted by Crippen LogP contribution is 2.54. The fourth-order valence-corrected chi connectivity index (χ4v) is 4.45. The van der Waals surface area contributed by atoms with Crippen LogP contribution < -0.4 is 0 Å². The van der Waals surface area contributed by atoms with E-state index in [9.17, 15) is 4.79 Å². The summed E-state index contributed by atoms with van der Waals surface area (Å²) in [5.74, 6) is 0.620. The lowest BCUT2D eigenvalue weighted by atomic mass is 9.61. The maximum Gasteiger partial charge on any atom is 0.276 e. The quantitative estimate of drug-likeness (QED) is 0.856. The zero-order chi connectivity index (χ0) is 14.3. The molecule has 1 saturated carbocycles. The lowest BCUT2D eigenvalue weighted by Gasteiger charge is -2.61. The van der Waals surface area contributed by atoms with Gasteiger partial charge in [0.15, 0.2) is 5.69 Å². The topological polar surface area (TPSA) is 46.1 Å². The minimum Gasteiger partial charge on any atom is -0.327 e. The minimum atomic E-state index is -0.111. The van der Waals surface area contributed by atoms with Crippen LogP contribution in [0.2, 0.25) is 0 Å². The highest BCUT2D eigenvalue weighted by Gasteiger charge is 2.57. The standard InChI is InChI=1S/C16H17N3OS/c20-15(14-11-21-18-17-14)19-10-13-8-4-5-9-16(13,19)12-6-2-1-3-7-12/h1-3,6-7,11,13H,4-5,8-10H2. The smallest absolute Gasteiger partial charge is 0.276 e. The molecule has 1 amide bonds. The highest BCUT2D eigenvalue weighted by molar-refractivity contribution is 7.03. The number of benzene rings is 1. The van der Waals surface area contributed by atoms with Crippen molar-refractivity contribution in [1.82, 2.24) is 14.5 Å². The Morgan fingerprint density at radius 3 is 2.86 bits per heavy atom. The van der Waals surface area contributed by atoms with Gasteiger partial charge < -0.3 is 4.90 Å². The number of aromatic nitrogens is 2. The molecule has 0 radical (unpaired) electrons. The third-order valence-corrected chi connectivity index (χ3v) is 5.52. The van der Waals surface area contributed by atoms with Crippen LogP contribution in [0.1, 0.15) is 41.7 Å². The Kier molecular flexibility index (Phi) is 3.03. The van der Waals surface area contributed by atoms with E-state index in [4.69, 9.17) is 0 Å². The first kappa shape index (κ1) is 13.0. The molecule has 0 bridgehead atoms. The molecule has 1 aromatic carbocycles. The number of likely N-dealkylation sites (tertiary alicyclic amines) is 1. The number of fused-ring (bicyclic) bond motifs is 1. The predicted octanol–water partition coefficient (Wildman–Crippen LogP) is 3.08. The average Bonchev–Trinajstić information content (AvgIpc) is 3.04. The Morgan fingerprint density at radius 1 is 1.29 bits per heavy atom. The second-order valence-corrected chi connectivity index (χ2v) is 6.55. The zero-order valence-electron chi connectivity index (χ0n) is 11.7. The summed E-state index contributed by atoms with van der Waals surface area (Å²) < 4.78 is 3.83. The number of hydrogen-bond acceptors (Lipinski definition) is 4. The van der Waals surface area contributed by atoms with E-state index < -0.39 is 0 Å². The van der Waals surface area contributed by atoms with E-state index in [1.165, 1.54) is 36.4 Å². The first-order valence-electron chi connectivity index (χ1n) is 7.47. The van der Waals surface area contributed by atoms with Gasteiger partial charge in [-0.25, -0.2) is 0 Å². The Morgan fingerprint density at radius 2 is 2.14 bits per heavy atom. The molecule has 1 aromatic heterocycles. The molecule has 21 heavy (non-hydrogen) atoms. The van der Waals surface area contributed by atoms with Crippen molar-refractivity contribution >= 4 is 17.4 Å². The van der Waals surface area contributed by atoms with Gasteiger partial charge in [-0.05, 0) is 29.9 Å². The summed E-state index contributed by atoms with van der Waals surface area (Å²) in [5.41, 5.74) is 1.65. The van der Waals surface area contributed by atoms with Crippen LogP contribution in [-0.4, -0.2) is 26.9 Å². The largest absolute Gasteiger partial charge is 0.327 e. The third kappa shape index (κ3) is 1.83. The van der Waals surface area contributed by atoms with E-state index >= 15 is 0 Å². The van der Waals surface area contributed by atoms with Crippen molar-refractivity contribution < 1.29 is 4.79 Å². The van der Waals surface area contributed by atoms with Gasteiger partial charge in [-0.2, -0.15) is 0 Å². The van der Waals surface area contributed by atoms with E-state index in [-0.39, 0.29) is 11.4 Å². The molecule has 108 valence electrons. The number of carbonyl (C=O) groups excluding carboxylic acids is 1. The lowest BCUT2D eigenvalue weighted by Crippen LogP contribution is -2.67. The van der Waals surface area contributed by atoms with Gasteiger partial charge in [-0.1, -0.05) is 47.7 Å². The molecule has 2 atom stereocenters. The molecule has 2 fully saturated rings. The average molecular weight is 299 g/mol. The van der Waals surface area contributed by atoms with Crippen LogP contribution in [-0.2, 0) is 5.54 Å². The number of hydrogen-bond donors (Lipinski definition) is 0. The SMILES string of the molecule is O=C(c1csnn1)N1CC2CCCCC21c1ccccc1. The Hall–Kier alpha value is -1.75. The van der Waals surface area contributed by atoms with Crippen LogP contribution in [0.5, 0.6) is 0 Å². The van der Waals surface area contributed by atoms with Gasteiger partial charge in [0.2, 0.25) is 0 Å². The van der Waals surface area contributed by atoms with Crippen molar-refractivity contribution in [3.8, 4) is 0 Å². The Bertz CT molecular complexity index is 643. The summed E-state index contributed by atoms with van der Waals surface area (Å²) in [6.07, 6.45) is 4.74. The van der Waals surface area contributed by atoms with Crippen molar-refractivity contribution in [2.45, 2.75) is 31.2 Å². The number of carbonyl (C=O) groups is 1. The van der Waals surface area contributed by atoms with E-state index in [2.05, 4.69) is 33.9 Å². The second-order valence-electron chi connectivity index (χ2n) is 5.94. The summed E-state index contributed by atoms with van der Waals surface area (Å²) in [7, 11) is 0. The van der Waals surface area contributed by atoms with Gasteiger partial charge in [0, 0.05) is 17.8 Å². The van der Waals surface area contributed by atoms with Gasteiger partial charge in [0.25, 0.3) is 5.91 Å². The third-order valence-electron chi connectivity index (χ3n) is 5.02. The summed E-state index contributed by atoms with van der Waals surface area (Å²) >= 11 is 1.24. The summed E-state index contributed by atoms with van der Waals surface area (Å²) in [5, 5.41) is 5.71. The summed E-state index contributed by atoms with van der Waals surface area (Å²) in [4.78, 5) is 14.8. The molecular weight excluding hydrogens is 282 g/mol. The van der Waals surface area contributed by atoms with Crippen LogP contribution in [0.15, 0.2) is 35.7 Å². The van der Waals surface area contributed by atoms with Crippen molar-refractivity contribution in [1.29, 1.82) is 0 Å². The number of rotatable bonds is 2. The van der Waals surface area contributed by atoms with Gasteiger partial charge in [0.05, 0.1) is 5.54 Å². The molecule has 1 saturated heterocycles. The minimum absolute atomic E-state index is 0.0331. The first-order chi connectivity index (χ1) is 10.3. The zero-order valence-corrected chi connectivity index (χ0v) is 12.6. The Balaban J connectivity index is 1.74. The molecule has 2 aliphatic rings. The van der Waals surface area contributed by atoms with Crippen LogP contribution >= 0.6 is 11.5 Å². The molecule has 1 aliphatic carbocycles. The molecule has 5 heteroatoms. The van der Waals surface area contributed by atoms with E-state index in [1.807, 2.05) is 11.0 Å². The maximum absolute atomic E-state index is 12.8. The van der Waals surface area contributed by atoms with Gasteiger partial charge >= 0.3 is 0 Å². The van der Waals surface area contributed by atoms with Crippen molar-refractivity contribution in [3.63, 3.8) is 0 Å². The van der Waals surface area contributed by atoms with Crippen LogP contribution in [0.25, 0.3) is 0 Å². The van der Waals surface area contributed by atoms with Gasteiger partial charge in [0.1, 0.15) is 0 Å². The van der Waals surface area contributed by atoms with Crippen molar-refractivity contribution in [3.05, 3.63) is 47.0 Å². The van der Waals surface area contributed by atoms with Crippen LogP contribution in [0.3, 0.4) is 0 Å². The number of amides is 1. The lowest BCUT2D eigenvalue weighted by molar-refractivity contribution is -0.0871. The monoisotopic (exact) mass is 299 g/mol. The summed E-state index contributed by atoms with van der Waals surface area (Å²) in [6.45, 7) is 0.852. The molecule has 4 rings (SSSR count). The molecular formula is C16H17N3OS.